The fourth-order valence-corrected chi connectivity index (χ4v) is 95.3. The van der Waals surface area contributed by atoms with E-state index < -0.39 is 12.1 Å². The van der Waals surface area contributed by atoms with Crippen molar-refractivity contribution in [2.45, 2.75) is 105 Å². The molecule has 12 rings (SSSR count). The second-order valence-corrected chi connectivity index (χ2v) is 39.7. The van der Waals surface area contributed by atoms with Crippen LogP contribution in [0, 0.1) is 11.8 Å². The minimum atomic E-state index is -3.54. The summed E-state index contributed by atoms with van der Waals surface area (Å²) in [4.78, 5) is 10.6. The Bertz CT molecular complexity index is 1710. The van der Waals surface area contributed by atoms with Gasteiger partial charge in [0.25, 0.3) is 0 Å². The molecule has 1 nitrogen and oxygen atoms in total. The Morgan fingerprint density at radius 3 is 1.86 bits per heavy atom. The Kier molecular flexibility index (Phi) is 1.37. The van der Waals surface area contributed by atoms with Crippen LogP contribution in [0.2, 0.25) is 47.7 Å². The van der Waals surface area contributed by atoms with Crippen LogP contribution in [0.5, 0.6) is 0 Å². The van der Waals surface area contributed by atoms with Gasteiger partial charge < -0.3 is 0 Å². The maximum atomic E-state index is 13.2. The normalized spacial score (nSPS) is 65.3. The van der Waals surface area contributed by atoms with Crippen LogP contribution < -0.4 is 0 Å². The van der Waals surface area contributed by atoms with Crippen LogP contribution in [0.25, 0.3) is 0 Å². The second kappa shape index (κ2) is 2.69. The van der Waals surface area contributed by atoms with Gasteiger partial charge >= 0.3 is 174 Å². The van der Waals surface area contributed by atoms with Gasteiger partial charge in [-0.1, -0.05) is 26.2 Å². The van der Waals surface area contributed by atoms with E-state index in [1.54, 1.807) is 0 Å². The van der Waals surface area contributed by atoms with E-state index in [1.807, 2.05) is 0 Å². The number of fused-ring (bicyclic) bond motifs is 10. The van der Waals surface area contributed by atoms with Crippen LogP contribution in [0.3, 0.4) is 0 Å². The number of hydrogen-bond donors (Lipinski definition) is 1. The van der Waals surface area contributed by atoms with E-state index in [9.17, 15) is 5.11 Å². The molecule has 2 aromatic rings. The molecule has 0 amide bonds. The molecule has 5 atom stereocenters. The third kappa shape index (κ3) is 0.445. The molecule has 10 heterocycles. The fraction of sp³-hybridized carbons (Fsp3) is 0.576. The topological polar surface area (TPSA) is 20.2 Å². The van der Waals surface area contributed by atoms with Crippen LogP contribution in [-0.4, -0.2) is 5.11 Å². The first-order chi connectivity index (χ1) is 16.9. The number of benzene rings is 2. The van der Waals surface area contributed by atoms with E-state index in [1.165, 1.54) is 83.4 Å². The van der Waals surface area contributed by atoms with E-state index in [0.717, 1.165) is 21.6 Å². The SMILES string of the molecule is CCCCCCCCC#Cc1ccc(C(O)(c2ccccc2)[C]23[CH]4[CH]5[CH]6[CH]2[Fe]56432789[CH]3[CH]2[CH]7[CH]8[CH]39)cc1. The maximum absolute atomic E-state index is 13.2. The Labute approximate surface area is 199 Å². The van der Waals surface area contributed by atoms with Crippen molar-refractivity contribution in [1.82, 2.24) is 0 Å². The molecule has 2 aromatic carbocycles. The zero-order valence-corrected chi connectivity index (χ0v) is 21.7. The Balaban J connectivity index is 0.920. The third-order valence-corrected chi connectivity index (χ3v) is 62.1. The molecular weight excluding hydrogens is 468 g/mol. The molecule has 10 saturated heterocycles. The monoisotopic (exact) mass is 504 g/mol. The van der Waals surface area contributed by atoms with Crippen LogP contribution in [0.15, 0.2) is 54.6 Å². The quantitative estimate of drug-likeness (QED) is 0.206. The van der Waals surface area contributed by atoms with E-state index >= 15 is 0 Å². The average molecular weight is 504 g/mol. The molecule has 0 aromatic heterocycles. The van der Waals surface area contributed by atoms with Gasteiger partial charge in [0.1, 0.15) is 0 Å². The van der Waals surface area contributed by atoms with Crippen LogP contribution >= 0.6 is 0 Å². The van der Waals surface area contributed by atoms with Crippen molar-refractivity contribution in [3.8, 4) is 11.8 Å². The number of aliphatic hydroxyl groups is 1. The molecule has 0 bridgehead atoms. The fourth-order valence-electron chi connectivity index (χ4n) is 20.4. The Hall–Kier alpha value is -1.52. The van der Waals surface area contributed by atoms with Gasteiger partial charge in [0.05, 0.1) is 0 Å². The summed E-state index contributed by atoms with van der Waals surface area (Å²) in [6.07, 6.45) is 8.93. The zero-order chi connectivity index (χ0) is 23.0. The van der Waals surface area contributed by atoms with Gasteiger partial charge in [-0.15, -0.1) is 0 Å². The summed E-state index contributed by atoms with van der Waals surface area (Å²) in [7, 11) is 0. The summed E-state index contributed by atoms with van der Waals surface area (Å²) >= 11 is 0. The number of rotatable bonds is 9. The van der Waals surface area contributed by atoms with Gasteiger partial charge in [0.15, 0.2) is 0 Å². The number of unbranched alkanes of at least 4 members (excludes halogenated alkanes) is 6. The summed E-state index contributed by atoms with van der Waals surface area (Å²) in [6, 6.07) is 19.9. The minimum absolute atomic E-state index is 0.360. The first-order valence-electron chi connectivity index (χ1n) is 14.5. The predicted octanol–water partition coefficient (Wildman–Crippen LogP) is 8.78. The van der Waals surface area contributed by atoms with Crippen molar-refractivity contribution in [2.24, 2.45) is 0 Å². The molecule has 10 aliphatic rings. The van der Waals surface area contributed by atoms with Crippen LogP contribution in [-0.2, 0) is 12.1 Å². The molecule has 5 unspecified atom stereocenters. The van der Waals surface area contributed by atoms with E-state index in [2.05, 4.69) is 73.4 Å². The molecule has 0 radical (unpaired) electrons. The third-order valence-electron chi connectivity index (χ3n) is 19.6. The predicted molar refractivity (Wildman–Crippen MR) is 137 cm³/mol. The molecule has 0 aliphatic carbocycles. The van der Waals surface area contributed by atoms with Gasteiger partial charge in [-0.3, -0.25) is 0 Å². The molecule has 0 saturated carbocycles. The van der Waals surface area contributed by atoms with Crippen LogP contribution in [0.1, 0.15) is 68.6 Å². The molecule has 182 valence electrons. The Morgan fingerprint density at radius 2 is 1.31 bits per heavy atom. The van der Waals surface area contributed by atoms with Crippen molar-refractivity contribution < 1.29 is 11.6 Å². The molecule has 2 heteroatoms. The summed E-state index contributed by atoms with van der Waals surface area (Å²) < 4.78 is 0.360. The summed E-state index contributed by atoms with van der Waals surface area (Å²) in [6.45, 7) is -1.27. The van der Waals surface area contributed by atoms with Crippen molar-refractivity contribution in [1.29, 1.82) is 0 Å². The molecule has 35 heavy (non-hydrogen) atoms. The average Bonchev–Trinajstić information content (AvgIpc) is 3.84. The van der Waals surface area contributed by atoms with Gasteiger partial charge in [0, 0.05) is 0 Å². The van der Waals surface area contributed by atoms with Gasteiger partial charge in [-0.05, 0) is 0 Å². The second-order valence-electron chi connectivity index (χ2n) is 16.2. The van der Waals surface area contributed by atoms with Crippen molar-refractivity contribution in [3.63, 3.8) is 0 Å². The van der Waals surface area contributed by atoms with Gasteiger partial charge in [-0.25, -0.2) is 0 Å². The zero-order valence-electron chi connectivity index (χ0n) is 20.6. The standard InChI is InChI=1S/C28H31O.C5H5.Fe/c1-2-3-4-5-6-7-8-10-15-24-20-22-27(23-21-24)28(29,26-18-13-14-19-26)25-16-11-9-12-17-25;1-2-4-5-3-1;/h9,11-14,16-23,29H,2-8H2,1H3;1-5H;. The summed E-state index contributed by atoms with van der Waals surface area (Å²) in [5.41, 5.74) is 2.77. The van der Waals surface area contributed by atoms with Crippen molar-refractivity contribution in [2.75, 3.05) is 0 Å². The van der Waals surface area contributed by atoms with Gasteiger partial charge in [0.2, 0.25) is 0 Å². The first kappa shape index (κ1) is 17.9. The van der Waals surface area contributed by atoms with E-state index in [-0.39, 0.29) is 0 Å². The van der Waals surface area contributed by atoms with Crippen molar-refractivity contribution in [3.05, 3.63) is 71.3 Å². The molecular formula is C33H36FeO. The molecule has 1 spiro atoms. The number of hydrogen-bond acceptors (Lipinski definition) is 1. The molecule has 10 fully saturated rings. The first-order valence-corrected chi connectivity index (χ1v) is 20.8. The van der Waals surface area contributed by atoms with Crippen molar-refractivity contribution >= 4 is 0 Å². The van der Waals surface area contributed by atoms with E-state index in [0.29, 0.717) is 4.31 Å². The summed E-state index contributed by atoms with van der Waals surface area (Å²) in [5, 5.41) is 13.2. The molecule has 10 aliphatic heterocycles. The summed E-state index contributed by atoms with van der Waals surface area (Å²) in [5.74, 6) is 6.84. The van der Waals surface area contributed by atoms with Crippen LogP contribution in [0.4, 0.5) is 0 Å². The van der Waals surface area contributed by atoms with Gasteiger partial charge in [-0.2, -0.15) is 0 Å². The Morgan fingerprint density at radius 1 is 0.743 bits per heavy atom. The van der Waals surface area contributed by atoms with E-state index in [4.69, 9.17) is 0 Å². The molecule has 1 N–H and O–H groups in total.